The molecule has 0 radical (unpaired) electrons. The third-order valence-corrected chi connectivity index (χ3v) is 7.79. The van der Waals surface area contributed by atoms with E-state index in [1.54, 1.807) is 24.3 Å². The number of anilines is 1. The Morgan fingerprint density at radius 1 is 1.03 bits per heavy atom. The molecule has 2 aromatic carbocycles. The lowest BCUT2D eigenvalue weighted by Gasteiger charge is -2.41. The second kappa shape index (κ2) is 12.2. The molecule has 196 valence electrons. The number of benzene rings is 2. The van der Waals surface area contributed by atoms with Crippen LogP contribution in [0.4, 0.5) is 5.69 Å². The molecule has 0 spiro atoms. The first kappa shape index (κ1) is 28.9. The highest BCUT2D eigenvalue weighted by Gasteiger charge is 2.50. The van der Waals surface area contributed by atoms with Crippen LogP contribution in [0.2, 0.25) is 15.1 Å². The Bertz CT molecular complexity index is 1300. The van der Waals surface area contributed by atoms with Gasteiger partial charge in [0.2, 0.25) is 0 Å². The minimum Gasteiger partial charge on any atom is -0.476 e. The van der Waals surface area contributed by atoms with Gasteiger partial charge in [0.05, 0.1) is 10.6 Å². The third-order valence-electron chi connectivity index (χ3n) is 6.00. The molecule has 1 atom stereocenters. The maximum atomic E-state index is 14.2. The number of carboxylic acid groups (broad SMARTS) is 1. The van der Waals surface area contributed by atoms with E-state index >= 15 is 0 Å². The van der Waals surface area contributed by atoms with Crippen LogP contribution in [0.3, 0.4) is 0 Å². The molecule has 1 unspecified atom stereocenters. The smallest absolute Gasteiger partial charge is 0.355 e. The van der Waals surface area contributed by atoms with Crippen LogP contribution in [0.1, 0.15) is 46.1 Å². The summed E-state index contributed by atoms with van der Waals surface area (Å²) in [6.45, 7) is 5.67. The van der Waals surface area contributed by atoms with Gasteiger partial charge in [0.1, 0.15) is 5.01 Å². The molecule has 37 heavy (non-hydrogen) atoms. The molecule has 1 aromatic heterocycles. The second-order valence-electron chi connectivity index (χ2n) is 8.09. The summed E-state index contributed by atoms with van der Waals surface area (Å²) in [6, 6.07) is 10.7. The Balaban J connectivity index is 2.34. The van der Waals surface area contributed by atoms with Gasteiger partial charge in [-0.2, -0.15) is 0 Å². The number of hydrogen-bond donors (Lipinski definition) is 2. The Labute approximate surface area is 233 Å². The third kappa shape index (κ3) is 6.08. The molecule has 3 aromatic rings. The van der Waals surface area contributed by atoms with Crippen LogP contribution in [0, 0.1) is 0 Å². The lowest BCUT2D eigenvalue weighted by molar-refractivity contribution is -0.123. The number of aromatic nitrogens is 1. The summed E-state index contributed by atoms with van der Waals surface area (Å²) in [6.07, 6.45) is 0.0379. The zero-order valence-corrected chi connectivity index (χ0v) is 23.2. The van der Waals surface area contributed by atoms with Gasteiger partial charge >= 0.3 is 5.97 Å². The van der Waals surface area contributed by atoms with Crippen LogP contribution in [0.5, 0.6) is 0 Å². The fourth-order valence-electron chi connectivity index (χ4n) is 3.96. The lowest BCUT2D eigenvalue weighted by atomic mass is 9.90. The van der Waals surface area contributed by atoms with Gasteiger partial charge in [0.25, 0.3) is 11.8 Å². The van der Waals surface area contributed by atoms with Crippen molar-refractivity contribution in [1.82, 2.24) is 9.88 Å². The number of thiazole rings is 1. The quantitative estimate of drug-likeness (QED) is 0.305. The van der Waals surface area contributed by atoms with E-state index in [1.165, 1.54) is 28.5 Å². The summed E-state index contributed by atoms with van der Waals surface area (Å²) in [5, 5.41) is 11.7. The van der Waals surface area contributed by atoms with E-state index in [0.717, 1.165) is 11.3 Å². The SMILES string of the molecule is CCN(CC)CCC(C(N)=O)(c1nc(C(=O)O)cs1)N(C(=O)c1ccc(Cl)cc1Cl)c1ccc(Cl)cc1. The van der Waals surface area contributed by atoms with Crippen molar-refractivity contribution in [2.24, 2.45) is 5.73 Å². The van der Waals surface area contributed by atoms with Gasteiger partial charge in [0, 0.05) is 27.7 Å². The Hall–Kier alpha value is -2.69. The normalized spacial score (nSPS) is 12.8. The number of halogens is 3. The van der Waals surface area contributed by atoms with Crippen LogP contribution in [-0.4, -0.2) is 52.4 Å². The van der Waals surface area contributed by atoms with E-state index in [9.17, 15) is 19.5 Å². The van der Waals surface area contributed by atoms with Gasteiger partial charge < -0.3 is 15.7 Å². The summed E-state index contributed by atoms with van der Waals surface area (Å²) in [4.78, 5) is 46.9. The molecule has 8 nitrogen and oxygen atoms in total. The topological polar surface area (TPSA) is 117 Å². The van der Waals surface area contributed by atoms with E-state index in [0.29, 0.717) is 35.4 Å². The van der Waals surface area contributed by atoms with Crippen LogP contribution in [0.15, 0.2) is 47.8 Å². The molecule has 1 heterocycles. The van der Waals surface area contributed by atoms with Crippen molar-refractivity contribution in [2.45, 2.75) is 25.8 Å². The van der Waals surface area contributed by atoms with Crippen LogP contribution in [-0.2, 0) is 10.3 Å². The van der Waals surface area contributed by atoms with E-state index in [-0.39, 0.29) is 27.7 Å². The number of carbonyl (C=O) groups is 3. The number of amides is 2. The molecule has 12 heteroatoms. The number of nitrogens with two attached hydrogens (primary N) is 1. The van der Waals surface area contributed by atoms with Gasteiger partial charge in [-0.25, -0.2) is 9.78 Å². The van der Waals surface area contributed by atoms with Crippen molar-refractivity contribution in [1.29, 1.82) is 0 Å². The monoisotopic (exact) mass is 582 g/mol. The molecule has 0 saturated carbocycles. The summed E-state index contributed by atoms with van der Waals surface area (Å²) in [5.74, 6) is -2.79. The summed E-state index contributed by atoms with van der Waals surface area (Å²) >= 11 is 19.5. The van der Waals surface area contributed by atoms with E-state index in [2.05, 4.69) is 9.88 Å². The fourth-order valence-corrected chi connectivity index (χ4v) is 5.59. The Morgan fingerprint density at radius 2 is 1.65 bits per heavy atom. The zero-order chi connectivity index (χ0) is 27.3. The van der Waals surface area contributed by atoms with E-state index < -0.39 is 23.3 Å². The molecule has 0 bridgehead atoms. The van der Waals surface area contributed by atoms with E-state index in [1.807, 2.05) is 13.8 Å². The Morgan fingerprint density at radius 3 is 2.16 bits per heavy atom. The van der Waals surface area contributed by atoms with Crippen LogP contribution < -0.4 is 10.6 Å². The van der Waals surface area contributed by atoms with Crippen LogP contribution in [0.25, 0.3) is 0 Å². The lowest BCUT2D eigenvalue weighted by Crippen LogP contribution is -2.59. The summed E-state index contributed by atoms with van der Waals surface area (Å²) in [5.41, 5.74) is 4.35. The van der Waals surface area contributed by atoms with Crippen molar-refractivity contribution < 1.29 is 19.5 Å². The molecule has 3 rings (SSSR count). The zero-order valence-electron chi connectivity index (χ0n) is 20.1. The molecule has 3 N–H and O–H groups in total. The van der Waals surface area contributed by atoms with Crippen molar-refractivity contribution in [3.8, 4) is 0 Å². The predicted octanol–water partition coefficient (Wildman–Crippen LogP) is 5.56. The molecule has 0 fully saturated rings. The highest BCUT2D eigenvalue weighted by molar-refractivity contribution is 7.10. The number of hydrogen-bond acceptors (Lipinski definition) is 6. The largest absolute Gasteiger partial charge is 0.476 e. The number of nitrogens with zero attached hydrogens (tertiary/aromatic N) is 3. The number of rotatable bonds is 11. The maximum absolute atomic E-state index is 14.2. The molecular weight excluding hydrogens is 559 g/mol. The molecule has 0 aliphatic rings. The first-order valence-electron chi connectivity index (χ1n) is 11.3. The maximum Gasteiger partial charge on any atom is 0.355 e. The fraction of sp³-hybridized carbons (Fsp3) is 0.280. The molecule has 0 saturated heterocycles. The van der Waals surface area contributed by atoms with Crippen molar-refractivity contribution in [3.63, 3.8) is 0 Å². The van der Waals surface area contributed by atoms with Crippen LogP contribution >= 0.6 is 46.1 Å². The standard InChI is InChI=1S/C25H25Cl3N4O4S/c1-3-31(4-2)12-11-25(23(29)36,24-30-20(14-37-24)22(34)35)32(17-8-5-15(26)6-9-17)21(33)18-10-7-16(27)13-19(18)28/h5-10,13-14H,3-4,11-12H2,1-2H3,(H2,29,36)(H,34,35). The van der Waals surface area contributed by atoms with Gasteiger partial charge in [-0.15, -0.1) is 11.3 Å². The van der Waals surface area contributed by atoms with Gasteiger partial charge in [-0.3, -0.25) is 14.5 Å². The molecule has 0 aliphatic heterocycles. The van der Waals surface area contributed by atoms with Gasteiger partial charge in [-0.05, 0) is 62.0 Å². The van der Waals surface area contributed by atoms with Gasteiger partial charge in [0.15, 0.2) is 11.2 Å². The molecule has 0 aliphatic carbocycles. The number of aromatic carboxylic acids is 1. The van der Waals surface area contributed by atoms with Gasteiger partial charge in [-0.1, -0.05) is 48.7 Å². The number of primary amides is 1. The van der Waals surface area contributed by atoms with E-state index in [4.69, 9.17) is 40.5 Å². The average molecular weight is 584 g/mol. The van der Waals surface area contributed by atoms with Crippen molar-refractivity contribution in [2.75, 3.05) is 24.5 Å². The summed E-state index contributed by atoms with van der Waals surface area (Å²) in [7, 11) is 0. The first-order valence-corrected chi connectivity index (χ1v) is 13.3. The average Bonchev–Trinajstić information content (AvgIpc) is 3.35. The number of carbonyl (C=O) groups excluding carboxylic acids is 2. The summed E-state index contributed by atoms with van der Waals surface area (Å²) < 4.78 is 0. The first-order chi connectivity index (χ1) is 17.5. The number of carboxylic acids is 1. The highest BCUT2D eigenvalue weighted by Crippen LogP contribution is 2.40. The second-order valence-corrected chi connectivity index (χ2v) is 10.2. The Kier molecular flexibility index (Phi) is 9.55. The molecule has 2 amide bonds. The highest BCUT2D eigenvalue weighted by atomic mass is 35.5. The van der Waals surface area contributed by atoms with Crippen molar-refractivity contribution >= 4 is 69.6 Å². The predicted molar refractivity (Wildman–Crippen MR) is 147 cm³/mol. The van der Waals surface area contributed by atoms with Crippen molar-refractivity contribution in [3.05, 3.63) is 79.2 Å². The minimum atomic E-state index is -1.85. The molecular formula is C25H25Cl3N4O4S. The minimum absolute atomic E-state index is 0.0379.